The van der Waals surface area contributed by atoms with Gasteiger partial charge in [-0.15, -0.1) is 0 Å². The Labute approximate surface area is 308 Å². The summed E-state index contributed by atoms with van der Waals surface area (Å²) in [6, 6.07) is 34.9. The second kappa shape index (κ2) is 14.9. The van der Waals surface area contributed by atoms with Crippen LogP contribution < -0.4 is 27.1 Å². The maximum absolute atomic E-state index is 11.0. The van der Waals surface area contributed by atoms with Crippen molar-refractivity contribution in [1.29, 1.82) is 0 Å². The first-order valence-electron chi connectivity index (χ1n) is 15.8. The Morgan fingerprint density at radius 1 is 0.259 bits per heavy atom. The van der Waals surface area contributed by atoms with Gasteiger partial charge in [-0.05, 0) is 72.8 Å². The molecule has 1 heterocycles. The van der Waals surface area contributed by atoms with Crippen LogP contribution in [0.2, 0.25) is 0 Å². The van der Waals surface area contributed by atoms with Gasteiger partial charge in [0, 0.05) is 0 Å². The molecule has 6 aromatic carbocycles. The fourth-order valence-electron chi connectivity index (χ4n) is 4.73. The van der Waals surface area contributed by atoms with Crippen LogP contribution in [0.15, 0.2) is 159 Å². The van der Waals surface area contributed by atoms with Crippen LogP contribution in [0, 0.1) is 0 Å². The summed E-state index contributed by atoms with van der Waals surface area (Å²) in [5.74, 6) is -3.46. The Bertz CT molecular complexity index is 2070. The second-order valence-corrected chi connectivity index (χ2v) is 17.3. The van der Waals surface area contributed by atoms with E-state index in [-0.39, 0.29) is 69.0 Å². The summed E-state index contributed by atoms with van der Waals surface area (Å²) < 4.78 is 53.0. The predicted octanol–water partition coefficient (Wildman–Crippen LogP) is 10.5. The molecule has 54 heavy (non-hydrogen) atoms. The van der Waals surface area contributed by atoms with E-state index in [0.717, 1.165) is 0 Å². The Kier molecular flexibility index (Phi) is 9.94. The molecule has 0 bridgehead atoms. The quantitative estimate of drug-likeness (QED) is 0.0639. The highest BCUT2D eigenvalue weighted by Gasteiger charge is 2.50. The number of benzene rings is 6. The summed E-state index contributed by atoms with van der Waals surface area (Å²) in [7, 11) is -13.9. The van der Waals surface area contributed by atoms with E-state index in [0.29, 0.717) is 0 Å². The highest BCUT2D eigenvalue weighted by atomic mass is 31.3. The molecule has 0 amide bonds. The third-order valence-corrected chi connectivity index (χ3v) is 15.2. The third-order valence-electron chi connectivity index (χ3n) is 7.17. The first kappa shape index (κ1) is 36.0. The normalized spacial score (nSPS) is 14.9. The molecule has 0 fully saturated rings. The van der Waals surface area contributed by atoms with Gasteiger partial charge in [0.1, 0.15) is 0 Å². The van der Waals surface area contributed by atoms with Crippen molar-refractivity contribution in [3.63, 3.8) is 0 Å². The molecule has 0 unspecified atom stereocenters. The molecular weight excluding hydrogens is 759 g/mol. The smallest absolute Gasteiger partial charge is 0.461 e. The summed E-state index contributed by atoms with van der Waals surface area (Å²) in [5, 5.41) is 65.8. The van der Waals surface area contributed by atoms with Crippen LogP contribution in [0.3, 0.4) is 0 Å². The topological polar surface area (TPSA) is 214 Å². The maximum atomic E-state index is 11.0. The molecule has 0 aliphatic carbocycles. The third kappa shape index (κ3) is 7.84. The molecule has 15 nitrogen and oxygen atoms in total. The van der Waals surface area contributed by atoms with E-state index < -0.39 is 23.0 Å². The molecule has 0 saturated carbocycles. The van der Waals surface area contributed by atoms with E-state index in [2.05, 4.69) is 0 Å². The average Bonchev–Trinajstić information content (AvgIpc) is 3.14. The standard InChI is InChI=1S/C36H30N3O12P3/c40-25-13-1-7-19-31(25)46-52(47-32-20-8-2-14-26(32)41)37-53(48-33-21-9-3-15-27(33)42,49-34-22-10-4-16-28(34)43)39-54(38-52,50-35-23-11-5-17-29(35)44)51-36-24-12-6-18-30(36)45/h1-24,40-45H. The van der Waals surface area contributed by atoms with E-state index in [1.165, 1.54) is 72.8 Å². The predicted molar refractivity (Wildman–Crippen MR) is 200 cm³/mol. The molecule has 276 valence electrons. The molecule has 0 atom stereocenters. The van der Waals surface area contributed by atoms with Crippen molar-refractivity contribution in [2.24, 2.45) is 13.5 Å². The number of phenols is 6. The molecular formula is C36H30N3O12P3. The molecule has 0 radical (unpaired) electrons. The first-order chi connectivity index (χ1) is 26.1. The zero-order valence-electron chi connectivity index (χ0n) is 27.7. The number of hydrogen-bond donors (Lipinski definition) is 6. The van der Waals surface area contributed by atoms with E-state index in [9.17, 15) is 30.6 Å². The van der Waals surface area contributed by atoms with Crippen molar-refractivity contribution in [1.82, 2.24) is 0 Å². The van der Waals surface area contributed by atoms with Crippen molar-refractivity contribution in [2.75, 3.05) is 0 Å². The number of rotatable bonds is 12. The van der Waals surface area contributed by atoms with Crippen LogP contribution in [0.1, 0.15) is 0 Å². The summed E-state index contributed by atoms with van der Waals surface area (Å²) in [6.45, 7) is 0. The van der Waals surface area contributed by atoms with Crippen molar-refractivity contribution in [2.45, 2.75) is 0 Å². The average molecular weight is 790 g/mol. The van der Waals surface area contributed by atoms with Gasteiger partial charge in [-0.25, -0.2) is 0 Å². The maximum Gasteiger partial charge on any atom is 0.461 e. The van der Waals surface area contributed by atoms with Crippen molar-refractivity contribution in [3.8, 4) is 69.0 Å². The van der Waals surface area contributed by atoms with Gasteiger partial charge in [-0.2, -0.15) is 0 Å². The van der Waals surface area contributed by atoms with E-state index in [4.69, 9.17) is 40.7 Å². The molecule has 6 N–H and O–H groups in total. The molecule has 7 rings (SSSR count). The van der Waals surface area contributed by atoms with E-state index in [1.54, 1.807) is 72.8 Å². The van der Waals surface area contributed by atoms with E-state index in [1.807, 2.05) is 0 Å². The molecule has 0 saturated heterocycles. The van der Waals surface area contributed by atoms with E-state index >= 15 is 0 Å². The summed E-state index contributed by atoms with van der Waals surface area (Å²) in [4.78, 5) is 0. The lowest BCUT2D eigenvalue weighted by atomic mass is 10.3. The van der Waals surface area contributed by atoms with Crippen molar-refractivity contribution < 1.29 is 57.8 Å². The van der Waals surface area contributed by atoms with Gasteiger partial charge in [0.15, 0.2) is 69.0 Å². The summed E-state index contributed by atoms with van der Waals surface area (Å²) in [5.41, 5.74) is 0. The monoisotopic (exact) mass is 789 g/mol. The minimum atomic E-state index is -4.63. The minimum Gasteiger partial charge on any atom is -0.504 e. The van der Waals surface area contributed by atoms with Gasteiger partial charge in [0.25, 0.3) is 0 Å². The van der Waals surface area contributed by atoms with Gasteiger partial charge >= 0.3 is 23.0 Å². The summed E-state index contributed by atoms with van der Waals surface area (Å²) >= 11 is 0. The van der Waals surface area contributed by atoms with Crippen LogP contribution in [-0.4, -0.2) is 30.6 Å². The Hall–Kier alpha value is -6.39. The fraction of sp³-hybridized carbons (Fsp3) is 0. The van der Waals surface area contributed by atoms with Gasteiger partial charge in [-0.3, -0.25) is 0 Å². The number of hydrogen-bond acceptors (Lipinski definition) is 15. The van der Waals surface area contributed by atoms with Crippen LogP contribution >= 0.6 is 23.0 Å². The second-order valence-electron chi connectivity index (χ2n) is 11.1. The summed E-state index contributed by atoms with van der Waals surface area (Å²) in [6.07, 6.45) is 0. The SMILES string of the molecule is Oc1ccccc1OP1(Oc2ccccc2O)=NP(Oc2ccccc2O)(Oc2ccccc2O)=NP(Oc2ccccc2O)(Oc2ccccc2O)=N1. The van der Waals surface area contributed by atoms with Crippen LogP contribution in [-0.2, 0) is 0 Å². The molecule has 1 aliphatic heterocycles. The van der Waals surface area contributed by atoms with Crippen molar-refractivity contribution >= 4 is 23.0 Å². The van der Waals surface area contributed by atoms with Crippen LogP contribution in [0.25, 0.3) is 0 Å². The Balaban J connectivity index is 1.63. The Morgan fingerprint density at radius 2 is 0.407 bits per heavy atom. The van der Waals surface area contributed by atoms with Gasteiger partial charge in [0.2, 0.25) is 0 Å². The zero-order valence-corrected chi connectivity index (χ0v) is 30.4. The first-order valence-corrected chi connectivity index (χ1v) is 20.4. The molecule has 6 aromatic rings. The molecule has 0 spiro atoms. The number of phenolic OH excluding ortho intramolecular Hbond substituents is 6. The molecule has 0 aromatic heterocycles. The van der Waals surface area contributed by atoms with Gasteiger partial charge in [0.05, 0.1) is 0 Å². The lowest BCUT2D eigenvalue weighted by Gasteiger charge is -2.33. The lowest BCUT2D eigenvalue weighted by molar-refractivity contribution is 0.389. The van der Waals surface area contributed by atoms with Crippen LogP contribution in [0.5, 0.6) is 69.0 Å². The van der Waals surface area contributed by atoms with Crippen LogP contribution in [0.4, 0.5) is 0 Å². The van der Waals surface area contributed by atoms with Gasteiger partial charge < -0.3 is 57.8 Å². The van der Waals surface area contributed by atoms with Crippen molar-refractivity contribution in [3.05, 3.63) is 146 Å². The Morgan fingerprint density at radius 3 is 0.556 bits per heavy atom. The van der Waals surface area contributed by atoms with Gasteiger partial charge in [-0.1, -0.05) is 86.3 Å². The number of para-hydroxylation sites is 12. The fourth-order valence-corrected chi connectivity index (χ4v) is 13.9. The highest BCUT2D eigenvalue weighted by Crippen LogP contribution is 2.79. The molecule has 1 aliphatic rings. The minimum absolute atomic E-state index is 0.206. The zero-order chi connectivity index (χ0) is 37.8. The largest absolute Gasteiger partial charge is 0.504 e. The lowest BCUT2D eigenvalue weighted by Crippen LogP contribution is -2.11. The number of aromatic hydroxyl groups is 6. The highest BCUT2D eigenvalue weighted by molar-refractivity contribution is 7.79. The number of nitrogens with zero attached hydrogens (tertiary/aromatic N) is 3. The molecule has 18 heteroatoms.